The number of ether oxygens (including phenoxy) is 1. The first-order valence-electron chi connectivity index (χ1n) is 6.03. The van der Waals surface area contributed by atoms with Gasteiger partial charge in [0.05, 0.1) is 19.0 Å². The Kier molecular flexibility index (Phi) is 4.48. The second kappa shape index (κ2) is 6.30. The summed E-state index contributed by atoms with van der Waals surface area (Å²) in [5.41, 5.74) is 1.32. The molecule has 1 atom stereocenters. The first-order chi connectivity index (χ1) is 9.28. The lowest BCUT2D eigenvalue weighted by Gasteiger charge is -2.18. The minimum Gasteiger partial charge on any atom is -0.396 e. The second-order valence-electron chi connectivity index (χ2n) is 4.06. The van der Waals surface area contributed by atoms with E-state index in [1.807, 2.05) is 0 Å². The van der Waals surface area contributed by atoms with Gasteiger partial charge >= 0.3 is 0 Å². The van der Waals surface area contributed by atoms with Gasteiger partial charge < -0.3 is 25.5 Å². The van der Waals surface area contributed by atoms with Crippen LogP contribution in [0.15, 0.2) is 6.33 Å². The van der Waals surface area contributed by atoms with Crippen molar-refractivity contribution in [1.29, 1.82) is 0 Å². The van der Waals surface area contributed by atoms with E-state index in [1.54, 1.807) is 20.5 Å². The molecular formula is C11H18N6O2. The average molecular weight is 266 g/mol. The Balaban J connectivity index is 2.28. The number of hydrogen-bond acceptors (Lipinski definition) is 7. The number of rotatable bonds is 7. The highest BCUT2D eigenvalue weighted by molar-refractivity contribution is 5.83. The predicted octanol–water partition coefficient (Wildman–Crippen LogP) is 0.204. The topological polar surface area (TPSA) is 108 Å². The molecule has 8 nitrogen and oxygen atoms in total. The summed E-state index contributed by atoms with van der Waals surface area (Å²) in [5.74, 6) is 1.13. The predicted molar refractivity (Wildman–Crippen MR) is 72.2 cm³/mol. The molecule has 19 heavy (non-hydrogen) atoms. The molecule has 2 aromatic heterocycles. The lowest BCUT2D eigenvalue weighted by atomic mass is 10.2. The highest BCUT2D eigenvalue weighted by Crippen LogP contribution is 2.19. The van der Waals surface area contributed by atoms with E-state index in [0.717, 1.165) is 5.52 Å². The first-order valence-corrected chi connectivity index (χ1v) is 6.03. The van der Waals surface area contributed by atoms with Crippen molar-refractivity contribution < 1.29 is 9.84 Å². The largest absolute Gasteiger partial charge is 0.396 e. The van der Waals surface area contributed by atoms with E-state index in [9.17, 15) is 0 Å². The number of aromatic amines is 1. The molecule has 0 aliphatic heterocycles. The molecule has 0 saturated carbocycles. The Morgan fingerprint density at radius 3 is 3.00 bits per heavy atom. The van der Waals surface area contributed by atoms with Gasteiger partial charge in [-0.1, -0.05) is 0 Å². The van der Waals surface area contributed by atoms with Crippen LogP contribution in [0, 0.1) is 0 Å². The van der Waals surface area contributed by atoms with Gasteiger partial charge in [-0.2, -0.15) is 9.97 Å². The number of aliphatic hydroxyl groups excluding tert-OH is 1. The number of nitrogens with zero attached hydrogens (tertiary/aromatic N) is 3. The van der Waals surface area contributed by atoms with Gasteiger partial charge in [-0.15, -0.1) is 0 Å². The summed E-state index contributed by atoms with van der Waals surface area (Å²) in [6.45, 7) is 0.562. The van der Waals surface area contributed by atoms with Crippen LogP contribution in [0.1, 0.15) is 6.42 Å². The number of H-pyrrole nitrogens is 1. The van der Waals surface area contributed by atoms with E-state index in [1.165, 1.54) is 0 Å². The van der Waals surface area contributed by atoms with Crippen LogP contribution >= 0.6 is 0 Å². The summed E-state index contributed by atoms with van der Waals surface area (Å²) in [6.07, 6.45) is 2.14. The van der Waals surface area contributed by atoms with Crippen molar-refractivity contribution in [3.05, 3.63) is 6.33 Å². The number of anilines is 2. The number of fused-ring (bicyclic) bond motifs is 1. The molecule has 0 aliphatic carbocycles. The molecule has 2 aromatic rings. The van der Waals surface area contributed by atoms with Gasteiger partial charge in [0, 0.05) is 20.8 Å². The van der Waals surface area contributed by atoms with E-state index in [2.05, 4.69) is 30.6 Å². The van der Waals surface area contributed by atoms with Crippen LogP contribution < -0.4 is 10.6 Å². The van der Waals surface area contributed by atoms with Crippen molar-refractivity contribution in [2.75, 3.05) is 38.0 Å². The molecule has 1 unspecified atom stereocenters. The number of aliphatic hydroxyl groups is 1. The fourth-order valence-electron chi connectivity index (χ4n) is 1.80. The SMILES string of the molecule is CNc1nc(NC(CCO)COC)c2[nH]cnc2n1. The minimum absolute atomic E-state index is 0.0268. The first kappa shape index (κ1) is 13.5. The summed E-state index contributed by atoms with van der Waals surface area (Å²) in [6, 6.07) is -0.0268. The standard InChI is InChI=1S/C11H18N6O2/c1-12-11-16-9-8(13-6-14-9)10(17-11)15-7(3-4-18)5-19-2/h6-7,18H,3-5H2,1-2H3,(H3,12,13,14,15,16,17). The molecular weight excluding hydrogens is 248 g/mol. The molecule has 4 N–H and O–H groups in total. The number of aromatic nitrogens is 4. The lowest BCUT2D eigenvalue weighted by Crippen LogP contribution is -2.27. The number of hydrogen-bond donors (Lipinski definition) is 4. The van der Waals surface area contributed by atoms with Crippen LogP contribution in [-0.4, -0.2) is 58.5 Å². The van der Waals surface area contributed by atoms with Gasteiger partial charge in [0.1, 0.15) is 5.52 Å². The van der Waals surface area contributed by atoms with Gasteiger partial charge in [-0.05, 0) is 6.42 Å². The molecule has 2 heterocycles. The maximum absolute atomic E-state index is 9.05. The fraction of sp³-hybridized carbons (Fsp3) is 0.545. The van der Waals surface area contributed by atoms with E-state index in [0.29, 0.717) is 30.4 Å². The molecule has 0 amide bonds. The van der Waals surface area contributed by atoms with E-state index < -0.39 is 0 Å². The molecule has 0 bridgehead atoms. The van der Waals surface area contributed by atoms with E-state index in [-0.39, 0.29) is 12.6 Å². The van der Waals surface area contributed by atoms with Crippen molar-refractivity contribution in [3.63, 3.8) is 0 Å². The van der Waals surface area contributed by atoms with Crippen molar-refractivity contribution in [3.8, 4) is 0 Å². The Morgan fingerprint density at radius 2 is 2.32 bits per heavy atom. The zero-order chi connectivity index (χ0) is 13.7. The third kappa shape index (κ3) is 3.09. The van der Waals surface area contributed by atoms with Crippen molar-refractivity contribution >= 4 is 22.9 Å². The normalized spacial score (nSPS) is 12.6. The third-order valence-corrected chi connectivity index (χ3v) is 2.70. The van der Waals surface area contributed by atoms with Crippen molar-refractivity contribution in [1.82, 2.24) is 19.9 Å². The van der Waals surface area contributed by atoms with Crippen LogP contribution in [0.5, 0.6) is 0 Å². The second-order valence-corrected chi connectivity index (χ2v) is 4.06. The zero-order valence-electron chi connectivity index (χ0n) is 11.0. The average Bonchev–Trinajstić information content (AvgIpc) is 2.87. The van der Waals surface area contributed by atoms with Crippen LogP contribution in [0.4, 0.5) is 11.8 Å². The molecule has 0 aromatic carbocycles. The molecule has 8 heteroatoms. The Hall–Kier alpha value is -1.93. The maximum Gasteiger partial charge on any atom is 0.226 e. The molecule has 0 spiro atoms. The quantitative estimate of drug-likeness (QED) is 0.567. The highest BCUT2D eigenvalue weighted by atomic mass is 16.5. The lowest BCUT2D eigenvalue weighted by molar-refractivity contribution is 0.170. The summed E-state index contributed by atoms with van der Waals surface area (Å²) in [7, 11) is 3.37. The monoisotopic (exact) mass is 266 g/mol. The van der Waals surface area contributed by atoms with Crippen molar-refractivity contribution in [2.24, 2.45) is 0 Å². The highest BCUT2D eigenvalue weighted by Gasteiger charge is 2.14. The van der Waals surface area contributed by atoms with Crippen LogP contribution in [0.25, 0.3) is 11.2 Å². The van der Waals surface area contributed by atoms with Gasteiger partial charge in [0.15, 0.2) is 11.5 Å². The third-order valence-electron chi connectivity index (χ3n) is 2.70. The molecule has 0 aliphatic rings. The van der Waals surface area contributed by atoms with Crippen LogP contribution in [-0.2, 0) is 4.74 Å². The van der Waals surface area contributed by atoms with Crippen LogP contribution in [0.2, 0.25) is 0 Å². The van der Waals surface area contributed by atoms with Gasteiger partial charge in [0.25, 0.3) is 0 Å². The summed E-state index contributed by atoms with van der Waals surface area (Å²) >= 11 is 0. The number of imidazole rings is 1. The smallest absolute Gasteiger partial charge is 0.226 e. The Bertz CT molecular complexity index is 523. The van der Waals surface area contributed by atoms with E-state index >= 15 is 0 Å². The van der Waals surface area contributed by atoms with Gasteiger partial charge in [-0.3, -0.25) is 0 Å². The Morgan fingerprint density at radius 1 is 1.47 bits per heavy atom. The summed E-state index contributed by atoms with van der Waals surface area (Å²) in [5, 5.41) is 15.2. The van der Waals surface area contributed by atoms with Crippen LogP contribution in [0.3, 0.4) is 0 Å². The summed E-state index contributed by atoms with van der Waals surface area (Å²) < 4.78 is 5.12. The van der Waals surface area contributed by atoms with Crippen molar-refractivity contribution in [2.45, 2.75) is 12.5 Å². The fourth-order valence-corrected chi connectivity index (χ4v) is 1.80. The number of nitrogens with one attached hydrogen (secondary N) is 3. The molecule has 104 valence electrons. The number of methoxy groups -OCH3 is 1. The minimum atomic E-state index is -0.0268. The molecule has 0 fully saturated rings. The van der Waals surface area contributed by atoms with E-state index in [4.69, 9.17) is 9.84 Å². The van der Waals surface area contributed by atoms with Gasteiger partial charge in [-0.25, -0.2) is 4.98 Å². The Labute approximate surface area is 110 Å². The summed E-state index contributed by atoms with van der Waals surface area (Å²) in [4.78, 5) is 15.7. The molecule has 2 rings (SSSR count). The molecule has 0 radical (unpaired) electrons. The molecule has 0 saturated heterocycles. The maximum atomic E-state index is 9.05. The zero-order valence-corrected chi connectivity index (χ0v) is 11.0. The van der Waals surface area contributed by atoms with Gasteiger partial charge in [0.2, 0.25) is 5.95 Å².